The van der Waals surface area contributed by atoms with E-state index in [2.05, 4.69) is 56.3 Å². The lowest BCUT2D eigenvalue weighted by Crippen LogP contribution is -1.93. The monoisotopic (exact) mass is 214 g/mol. The minimum Gasteiger partial charge on any atom is -0.307 e. The fourth-order valence-corrected chi connectivity index (χ4v) is 1.84. The first-order valence-electron chi connectivity index (χ1n) is 5.52. The van der Waals surface area contributed by atoms with Gasteiger partial charge in [-0.25, -0.2) is 0 Å². The predicted molar refractivity (Wildman–Crippen MR) is 69.6 cm³/mol. The molecular formula is C15H18O. The molecule has 0 aromatic heterocycles. The zero-order valence-electron chi connectivity index (χ0n) is 9.94. The van der Waals surface area contributed by atoms with E-state index in [1.165, 1.54) is 22.8 Å². The number of fused-ring (bicyclic) bond motifs is 1. The molecule has 0 saturated carbocycles. The molecule has 0 aliphatic rings. The first kappa shape index (κ1) is 12.4. The summed E-state index contributed by atoms with van der Waals surface area (Å²) in [5.74, 6) is 0.733. The molecule has 16 heavy (non-hydrogen) atoms. The third-order valence-electron chi connectivity index (χ3n) is 2.46. The maximum Gasteiger partial charge on any atom is 0.106 e. The van der Waals surface area contributed by atoms with E-state index in [-0.39, 0.29) is 0 Å². The number of carbonyl (C=O) groups excluding carboxylic acids is 1. The Hall–Kier alpha value is -1.63. The molecule has 0 fully saturated rings. The second kappa shape index (κ2) is 6.06. The quantitative estimate of drug-likeness (QED) is 0.742. The number of carbonyl (C=O) groups is 1. The van der Waals surface area contributed by atoms with E-state index >= 15 is 0 Å². The Morgan fingerprint density at radius 1 is 1.00 bits per heavy atom. The molecule has 0 atom stereocenters. The normalized spacial score (nSPS) is 9.94. The van der Waals surface area contributed by atoms with Gasteiger partial charge in [0.2, 0.25) is 0 Å². The van der Waals surface area contributed by atoms with Crippen molar-refractivity contribution in [1.82, 2.24) is 0 Å². The molecule has 0 saturated heterocycles. The SMILES string of the molecule is C=O.CC(C)Cc1ccc2ccccc2c1. The van der Waals surface area contributed by atoms with Crippen molar-refractivity contribution < 1.29 is 4.79 Å². The van der Waals surface area contributed by atoms with Crippen LogP contribution in [-0.2, 0) is 11.2 Å². The van der Waals surface area contributed by atoms with Crippen molar-refractivity contribution in [2.45, 2.75) is 20.3 Å². The fourth-order valence-electron chi connectivity index (χ4n) is 1.84. The van der Waals surface area contributed by atoms with E-state index < -0.39 is 0 Å². The Kier molecular flexibility index (Phi) is 4.71. The number of rotatable bonds is 2. The van der Waals surface area contributed by atoms with Gasteiger partial charge in [-0.2, -0.15) is 0 Å². The summed E-state index contributed by atoms with van der Waals surface area (Å²) in [6.45, 7) is 6.52. The standard InChI is InChI=1S/C14H16.CH2O/c1-11(2)9-12-7-8-13-5-3-4-6-14(13)10-12;1-2/h3-8,10-11H,9H2,1-2H3;1H2. The lowest BCUT2D eigenvalue weighted by molar-refractivity contribution is -0.0979. The average Bonchev–Trinajstić information content (AvgIpc) is 2.31. The van der Waals surface area contributed by atoms with Crippen LogP contribution in [0.2, 0.25) is 0 Å². The number of hydrogen-bond donors (Lipinski definition) is 0. The molecule has 0 N–H and O–H groups in total. The van der Waals surface area contributed by atoms with Crippen LogP contribution < -0.4 is 0 Å². The molecular weight excluding hydrogens is 196 g/mol. The van der Waals surface area contributed by atoms with E-state index in [4.69, 9.17) is 4.79 Å². The highest BCUT2D eigenvalue weighted by Crippen LogP contribution is 2.17. The summed E-state index contributed by atoms with van der Waals surface area (Å²) in [6, 6.07) is 15.3. The zero-order valence-corrected chi connectivity index (χ0v) is 9.94. The minimum atomic E-state index is 0.733. The van der Waals surface area contributed by atoms with Gasteiger partial charge in [-0.3, -0.25) is 0 Å². The van der Waals surface area contributed by atoms with Gasteiger partial charge in [0.05, 0.1) is 0 Å². The number of benzene rings is 2. The average molecular weight is 214 g/mol. The van der Waals surface area contributed by atoms with E-state index in [1.54, 1.807) is 0 Å². The van der Waals surface area contributed by atoms with Crippen molar-refractivity contribution in [3.8, 4) is 0 Å². The van der Waals surface area contributed by atoms with Crippen molar-refractivity contribution in [2.24, 2.45) is 5.92 Å². The van der Waals surface area contributed by atoms with E-state index in [9.17, 15) is 0 Å². The van der Waals surface area contributed by atoms with Gasteiger partial charge in [0.25, 0.3) is 0 Å². The first-order valence-corrected chi connectivity index (χ1v) is 5.52. The zero-order chi connectivity index (χ0) is 12.0. The molecule has 0 spiro atoms. The van der Waals surface area contributed by atoms with Gasteiger partial charge in [0, 0.05) is 0 Å². The topological polar surface area (TPSA) is 17.1 Å². The van der Waals surface area contributed by atoms with Crippen LogP contribution in [0.3, 0.4) is 0 Å². The smallest absolute Gasteiger partial charge is 0.106 e. The molecule has 0 unspecified atom stereocenters. The Bertz CT molecular complexity index is 446. The molecule has 0 amide bonds. The van der Waals surface area contributed by atoms with Gasteiger partial charge in [-0.05, 0) is 28.7 Å². The van der Waals surface area contributed by atoms with Crippen molar-refractivity contribution in [3.63, 3.8) is 0 Å². The van der Waals surface area contributed by atoms with E-state index in [1.807, 2.05) is 6.79 Å². The van der Waals surface area contributed by atoms with Crippen LogP contribution in [0.5, 0.6) is 0 Å². The van der Waals surface area contributed by atoms with E-state index in [0.717, 1.165) is 5.92 Å². The second-order valence-corrected chi connectivity index (χ2v) is 4.28. The van der Waals surface area contributed by atoms with Crippen molar-refractivity contribution in [2.75, 3.05) is 0 Å². The number of hydrogen-bond acceptors (Lipinski definition) is 1. The van der Waals surface area contributed by atoms with Crippen molar-refractivity contribution >= 4 is 17.6 Å². The fraction of sp³-hybridized carbons (Fsp3) is 0.267. The van der Waals surface area contributed by atoms with Crippen LogP contribution in [0.25, 0.3) is 10.8 Å². The summed E-state index contributed by atoms with van der Waals surface area (Å²) in [6.07, 6.45) is 1.17. The van der Waals surface area contributed by atoms with Gasteiger partial charge in [0.1, 0.15) is 6.79 Å². The molecule has 0 aliphatic heterocycles. The maximum atomic E-state index is 8.00. The summed E-state index contributed by atoms with van der Waals surface area (Å²) in [4.78, 5) is 8.00. The van der Waals surface area contributed by atoms with Crippen LogP contribution in [0.4, 0.5) is 0 Å². The summed E-state index contributed by atoms with van der Waals surface area (Å²) < 4.78 is 0. The highest BCUT2D eigenvalue weighted by molar-refractivity contribution is 5.82. The minimum absolute atomic E-state index is 0.733. The lowest BCUT2D eigenvalue weighted by Gasteiger charge is -2.06. The molecule has 0 aliphatic carbocycles. The van der Waals surface area contributed by atoms with Gasteiger partial charge in [-0.1, -0.05) is 56.3 Å². The third kappa shape index (κ3) is 3.20. The Labute approximate surface area is 97.1 Å². The van der Waals surface area contributed by atoms with Crippen LogP contribution in [0.15, 0.2) is 42.5 Å². The first-order chi connectivity index (χ1) is 7.75. The maximum absolute atomic E-state index is 8.00. The van der Waals surface area contributed by atoms with Gasteiger partial charge < -0.3 is 4.79 Å². The molecule has 0 radical (unpaired) electrons. The Balaban J connectivity index is 0.000000606. The van der Waals surface area contributed by atoms with Gasteiger partial charge in [0.15, 0.2) is 0 Å². The molecule has 1 heteroatoms. The summed E-state index contributed by atoms with van der Waals surface area (Å²) >= 11 is 0. The summed E-state index contributed by atoms with van der Waals surface area (Å²) in [5, 5.41) is 2.69. The Morgan fingerprint density at radius 2 is 1.62 bits per heavy atom. The molecule has 2 aromatic rings. The molecule has 2 rings (SSSR count). The van der Waals surface area contributed by atoms with Crippen LogP contribution in [0, 0.1) is 5.92 Å². The van der Waals surface area contributed by atoms with Crippen LogP contribution in [-0.4, -0.2) is 6.79 Å². The van der Waals surface area contributed by atoms with Crippen molar-refractivity contribution in [3.05, 3.63) is 48.0 Å². The molecule has 1 nitrogen and oxygen atoms in total. The lowest BCUT2D eigenvalue weighted by atomic mass is 10.00. The van der Waals surface area contributed by atoms with Crippen LogP contribution in [0.1, 0.15) is 19.4 Å². The summed E-state index contributed by atoms with van der Waals surface area (Å²) in [5.41, 5.74) is 1.44. The van der Waals surface area contributed by atoms with Crippen molar-refractivity contribution in [1.29, 1.82) is 0 Å². The van der Waals surface area contributed by atoms with Crippen LogP contribution >= 0.6 is 0 Å². The highest BCUT2D eigenvalue weighted by Gasteiger charge is 1.98. The highest BCUT2D eigenvalue weighted by atomic mass is 16.1. The van der Waals surface area contributed by atoms with Gasteiger partial charge >= 0.3 is 0 Å². The molecule has 0 bridgehead atoms. The second-order valence-electron chi connectivity index (χ2n) is 4.28. The predicted octanol–water partition coefficient (Wildman–Crippen LogP) is 3.85. The molecule has 0 heterocycles. The largest absolute Gasteiger partial charge is 0.307 e. The summed E-state index contributed by atoms with van der Waals surface area (Å²) in [7, 11) is 0. The van der Waals surface area contributed by atoms with E-state index in [0.29, 0.717) is 0 Å². The molecule has 2 aromatic carbocycles. The Morgan fingerprint density at radius 3 is 2.25 bits per heavy atom. The van der Waals surface area contributed by atoms with Gasteiger partial charge in [-0.15, -0.1) is 0 Å². The third-order valence-corrected chi connectivity index (χ3v) is 2.46. The molecule has 84 valence electrons.